The van der Waals surface area contributed by atoms with Crippen molar-refractivity contribution in [1.29, 1.82) is 0 Å². The van der Waals surface area contributed by atoms with Crippen LogP contribution in [0.3, 0.4) is 0 Å². The largest absolute Gasteiger partial charge is 0.311 e. The molecule has 0 bridgehead atoms. The Morgan fingerprint density at radius 1 is 1.43 bits per heavy atom. The van der Waals surface area contributed by atoms with Gasteiger partial charge in [0.1, 0.15) is 0 Å². The van der Waals surface area contributed by atoms with Crippen LogP contribution >= 0.6 is 22.6 Å². The summed E-state index contributed by atoms with van der Waals surface area (Å²) in [7, 11) is 0. The van der Waals surface area contributed by atoms with Crippen LogP contribution in [0.25, 0.3) is 0 Å². The van der Waals surface area contributed by atoms with E-state index >= 15 is 0 Å². The molecule has 0 spiro atoms. The molecule has 14 heavy (non-hydrogen) atoms. The molecule has 1 amide bonds. The van der Waals surface area contributed by atoms with Crippen molar-refractivity contribution >= 4 is 34.2 Å². The average molecular weight is 301 g/mol. The second-order valence-corrected chi connectivity index (χ2v) is 4.17. The molecule has 0 saturated heterocycles. The van der Waals surface area contributed by atoms with Gasteiger partial charge in [-0.1, -0.05) is 40.8 Å². The standard InChI is InChI=1S/C11H12INO/c12-8-11(14)13-7-3-5-9-4-1-2-6-10(9)13/h1-2,4,6H,3,5,7-8H2. The zero-order chi connectivity index (χ0) is 9.97. The molecule has 3 heteroatoms. The zero-order valence-electron chi connectivity index (χ0n) is 7.87. The van der Waals surface area contributed by atoms with Gasteiger partial charge in [-0.15, -0.1) is 0 Å². The van der Waals surface area contributed by atoms with Gasteiger partial charge in [0, 0.05) is 12.2 Å². The van der Waals surface area contributed by atoms with Gasteiger partial charge in [0.05, 0.1) is 4.43 Å². The molecule has 0 radical (unpaired) electrons. The second kappa shape index (κ2) is 4.29. The summed E-state index contributed by atoms with van der Waals surface area (Å²) in [5.41, 5.74) is 2.41. The Bertz CT molecular complexity index is 351. The van der Waals surface area contributed by atoms with E-state index in [9.17, 15) is 4.79 Å². The van der Waals surface area contributed by atoms with Gasteiger partial charge in [-0.3, -0.25) is 4.79 Å². The lowest BCUT2D eigenvalue weighted by atomic mass is 10.0. The van der Waals surface area contributed by atoms with Crippen molar-refractivity contribution in [3.63, 3.8) is 0 Å². The molecule has 0 N–H and O–H groups in total. The minimum Gasteiger partial charge on any atom is -0.311 e. The summed E-state index contributed by atoms with van der Waals surface area (Å²) in [6.45, 7) is 0.874. The number of para-hydroxylation sites is 1. The molecule has 1 aliphatic heterocycles. The van der Waals surface area contributed by atoms with E-state index in [0.29, 0.717) is 4.43 Å². The van der Waals surface area contributed by atoms with E-state index in [4.69, 9.17) is 0 Å². The minimum atomic E-state index is 0.220. The highest BCUT2D eigenvalue weighted by Crippen LogP contribution is 2.26. The fourth-order valence-electron chi connectivity index (χ4n) is 1.86. The molecule has 74 valence electrons. The Morgan fingerprint density at radius 2 is 2.21 bits per heavy atom. The van der Waals surface area contributed by atoms with E-state index in [1.807, 2.05) is 23.1 Å². The van der Waals surface area contributed by atoms with Gasteiger partial charge in [-0.05, 0) is 24.5 Å². The number of hydrogen-bond acceptors (Lipinski definition) is 1. The highest BCUT2D eigenvalue weighted by molar-refractivity contribution is 14.1. The van der Waals surface area contributed by atoms with E-state index in [1.165, 1.54) is 5.56 Å². The van der Waals surface area contributed by atoms with Crippen molar-refractivity contribution in [1.82, 2.24) is 0 Å². The highest BCUT2D eigenvalue weighted by Gasteiger charge is 2.20. The second-order valence-electron chi connectivity index (χ2n) is 3.41. The minimum absolute atomic E-state index is 0.220. The zero-order valence-corrected chi connectivity index (χ0v) is 10.0. The summed E-state index contributed by atoms with van der Waals surface area (Å²) in [6.07, 6.45) is 2.18. The van der Waals surface area contributed by atoms with Crippen LogP contribution in [0.2, 0.25) is 0 Å². The number of rotatable bonds is 1. The molecule has 2 nitrogen and oxygen atoms in total. The molecule has 0 unspecified atom stereocenters. The first-order chi connectivity index (χ1) is 6.83. The van der Waals surface area contributed by atoms with E-state index in [2.05, 4.69) is 28.7 Å². The summed E-state index contributed by atoms with van der Waals surface area (Å²) in [5, 5.41) is 0. The number of amides is 1. The number of hydrogen-bond donors (Lipinski definition) is 0. The van der Waals surface area contributed by atoms with E-state index < -0.39 is 0 Å². The number of alkyl halides is 1. The van der Waals surface area contributed by atoms with Gasteiger partial charge in [-0.2, -0.15) is 0 Å². The third-order valence-corrected chi connectivity index (χ3v) is 3.18. The van der Waals surface area contributed by atoms with Crippen LogP contribution in [-0.4, -0.2) is 16.9 Å². The van der Waals surface area contributed by atoms with Crippen LogP contribution in [0.5, 0.6) is 0 Å². The third-order valence-electron chi connectivity index (χ3n) is 2.53. The van der Waals surface area contributed by atoms with E-state index in [-0.39, 0.29) is 5.91 Å². The molecule has 1 aromatic rings. The summed E-state index contributed by atoms with van der Waals surface area (Å²) >= 11 is 2.12. The fraction of sp³-hybridized carbons (Fsp3) is 0.364. The smallest absolute Gasteiger partial charge is 0.236 e. The predicted molar refractivity (Wildman–Crippen MR) is 66.0 cm³/mol. The number of anilines is 1. The highest BCUT2D eigenvalue weighted by atomic mass is 127. The fourth-order valence-corrected chi connectivity index (χ4v) is 2.28. The number of fused-ring (bicyclic) bond motifs is 1. The number of benzene rings is 1. The predicted octanol–water partition coefficient (Wildman–Crippen LogP) is 2.40. The number of carbonyl (C=O) groups excluding carboxylic acids is 1. The Labute approximate surface area is 97.4 Å². The van der Waals surface area contributed by atoms with Crippen LogP contribution in [0.4, 0.5) is 5.69 Å². The maximum absolute atomic E-state index is 11.6. The molecule has 0 aliphatic carbocycles. The molecule has 1 heterocycles. The van der Waals surface area contributed by atoms with Gasteiger partial charge in [0.2, 0.25) is 5.91 Å². The quantitative estimate of drug-likeness (QED) is 0.576. The summed E-state index contributed by atoms with van der Waals surface area (Å²) in [4.78, 5) is 13.6. The van der Waals surface area contributed by atoms with Gasteiger partial charge in [0.15, 0.2) is 0 Å². The van der Waals surface area contributed by atoms with Crippen molar-refractivity contribution in [2.75, 3.05) is 15.9 Å². The lowest BCUT2D eigenvalue weighted by molar-refractivity contribution is -0.116. The topological polar surface area (TPSA) is 20.3 Å². The summed E-state index contributed by atoms with van der Waals surface area (Å²) < 4.78 is 0.562. The molecule has 0 saturated carbocycles. The van der Waals surface area contributed by atoms with Crippen molar-refractivity contribution in [3.8, 4) is 0 Å². The lowest BCUT2D eigenvalue weighted by Crippen LogP contribution is -2.36. The molecule has 0 fully saturated rings. The molecule has 2 rings (SSSR count). The number of carbonyl (C=O) groups is 1. The third kappa shape index (κ3) is 1.78. The van der Waals surface area contributed by atoms with Gasteiger partial charge < -0.3 is 4.90 Å². The summed E-state index contributed by atoms with van der Waals surface area (Å²) in [6, 6.07) is 8.19. The van der Waals surface area contributed by atoms with Crippen LogP contribution in [-0.2, 0) is 11.2 Å². The Kier molecular flexibility index (Phi) is 3.05. The molecular weight excluding hydrogens is 289 g/mol. The molecule has 1 aromatic carbocycles. The van der Waals surface area contributed by atoms with E-state index in [0.717, 1.165) is 25.1 Å². The lowest BCUT2D eigenvalue weighted by Gasteiger charge is -2.28. The van der Waals surface area contributed by atoms with Crippen LogP contribution < -0.4 is 4.90 Å². The monoisotopic (exact) mass is 301 g/mol. The van der Waals surface area contributed by atoms with E-state index in [1.54, 1.807) is 0 Å². The first-order valence-corrected chi connectivity index (χ1v) is 6.29. The molecular formula is C11H12INO. The Morgan fingerprint density at radius 3 is 3.00 bits per heavy atom. The number of aryl methyl sites for hydroxylation is 1. The molecule has 0 aromatic heterocycles. The Balaban J connectivity index is 2.35. The SMILES string of the molecule is O=C(CI)N1CCCc2ccccc21. The molecule has 0 atom stereocenters. The van der Waals surface area contributed by atoms with Crippen molar-refractivity contribution in [3.05, 3.63) is 29.8 Å². The van der Waals surface area contributed by atoms with Crippen LogP contribution in [0.15, 0.2) is 24.3 Å². The summed E-state index contributed by atoms with van der Waals surface area (Å²) in [5.74, 6) is 0.220. The number of halogens is 1. The average Bonchev–Trinajstić information content (AvgIpc) is 2.27. The maximum atomic E-state index is 11.6. The van der Waals surface area contributed by atoms with Crippen LogP contribution in [0.1, 0.15) is 12.0 Å². The van der Waals surface area contributed by atoms with Gasteiger partial charge in [0.25, 0.3) is 0 Å². The first kappa shape index (κ1) is 9.96. The van der Waals surface area contributed by atoms with Crippen molar-refractivity contribution < 1.29 is 4.79 Å². The van der Waals surface area contributed by atoms with Crippen molar-refractivity contribution in [2.45, 2.75) is 12.8 Å². The maximum Gasteiger partial charge on any atom is 0.236 e. The van der Waals surface area contributed by atoms with Gasteiger partial charge in [-0.25, -0.2) is 0 Å². The number of nitrogens with zero attached hydrogens (tertiary/aromatic N) is 1. The Hall–Kier alpha value is -0.580. The van der Waals surface area contributed by atoms with Crippen LogP contribution in [0, 0.1) is 0 Å². The normalized spacial score (nSPS) is 15.1. The van der Waals surface area contributed by atoms with Gasteiger partial charge >= 0.3 is 0 Å². The van der Waals surface area contributed by atoms with Crippen molar-refractivity contribution in [2.24, 2.45) is 0 Å². The first-order valence-electron chi connectivity index (χ1n) is 4.77. The molecule has 1 aliphatic rings.